The standard InChI is InChI=1S/C22H20ClN3O3/c1-11(2)18-16-17(20(28)26(19(16)27)13-9-7-12(23)8-10-13)22(25-18)14-5-3-4-6-15(14)24-21(22)29/h3-11,16-18,25H,1-2H3,(H,24,29)/t16-,17+,18+,22+/m0/s1. The fourth-order valence-electron chi connectivity index (χ4n) is 5.11. The fraction of sp³-hybridized carbons (Fsp3) is 0.318. The number of anilines is 2. The zero-order valence-electron chi connectivity index (χ0n) is 16.0. The maximum absolute atomic E-state index is 13.6. The van der Waals surface area contributed by atoms with E-state index in [0.29, 0.717) is 16.4 Å². The maximum atomic E-state index is 13.6. The van der Waals surface area contributed by atoms with Crippen LogP contribution in [0, 0.1) is 17.8 Å². The van der Waals surface area contributed by atoms with Gasteiger partial charge in [-0.2, -0.15) is 0 Å². The summed E-state index contributed by atoms with van der Waals surface area (Å²) < 4.78 is 0. The van der Waals surface area contributed by atoms with Gasteiger partial charge in [0.05, 0.1) is 17.5 Å². The zero-order chi connectivity index (χ0) is 20.5. The molecule has 3 amide bonds. The topological polar surface area (TPSA) is 78.5 Å². The number of carbonyl (C=O) groups excluding carboxylic acids is 3. The number of amides is 3. The lowest BCUT2D eigenvalue weighted by Gasteiger charge is -2.30. The summed E-state index contributed by atoms with van der Waals surface area (Å²) in [6, 6.07) is 13.7. The molecule has 6 nitrogen and oxygen atoms in total. The Kier molecular flexibility index (Phi) is 3.89. The first-order valence-electron chi connectivity index (χ1n) is 9.68. The van der Waals surface area contributed by atoms with E-state index in [9.17, 15) is 14.4 Å². The summed E-state index contributed by atoms with van der Waals surface area (Å²) in [4.78, 5) is 41.5. The van der Waals surface area contributed by atoms with Gasteiger partial charge in [0.2, 0.25) is 17.7 Å². The number of hydrogen-bond donors (Lipinski definition) is 2. The highest BCUT2D eigenvalue weighted by atomic mass is 35.5. The van der Waals surface area contributed by atoms with Gasteiger partial charge < -0.3 is 5.32 Å². The molecular weight excluding hydrogens is 390 g/mol. The van der Waals surface area contributed by atoms with Crippen LogP contribution in [0.3, 0.4) is 0 Å². The molecule has 0 radical (unpaired) electrons. The number of fused-ring (bicyclic) bond motifs is 4. The summed E-state index contributed by atoms with van der Waals surface area (Å²) in [6.07, 6.45) is 0. The van der Waals surface area contributed by atoms with Gasteiger partial charge in [-0.3, -0.25) is 19.7 Å². The summed E-state index contributed by atoms with van der Waals surface area (Å²) in [7, 11) is 0. The maximum Gasteiger partial charge on any atom is 0.250 e. The molecule has 0 unspecified atom stereocenters. The Hall–Kier alpha value is -2.70. The van der Waals surface area contributed by atoms with Crippen LogP contribution in [-0.4, -0.2) is 23.8 Å². The number of carbonyl (C=O) groups is 3. The lowest BCUT2D eigenvalue weighted by molar-refractivity contribution is -0.130. The number of rotatable bonds is 2. The Morgan fingerprint density at radius 3 is 2.38 bits per heavy atom. The monoisotopic (exact) mass is 409 g/mol. The molecule has 2 aromatic rings. The molecule has 0 saturated carbocycles. The molecule has 5 rings (SSSR count). The average Bonchev–Trinajstić information content (AvgIpc) is 3.28. The van der Waals surface area contributed by atoms with Crippen LogP contribution in [0.4, 0.5) is 11.4 Å². The van der Waals surface area contributed by atoms with E-state index < -0.39 is 17.4 Å². The van der Waals surface area contributed by atoms with E-state index in [0.717, 1.165) is 5.56 Å². The van der Waals surface area contributed by atoms with Crippen molar-refractivity contribution in [3.8, 4) is 0 Å². The van der Waals surface area contributed by atoms with Crippen molar-refractivity contribution in [3.63, 3.8) is 0 Å². The molecule has 2 N–H and O–H groups in total. The average molecular weight is 410 g/mol. The van der Waals surface area contributed by atoms with Gasteiger partial charge >= 0.3 is 0 Å². The highest BCUT2D eigenvalue weighted by Crippen LogP contribution is 2.54. The van der Waals surface area contributed by atoms with E-state index in [2.05, 4.69) is 10.6 Å². The number of nitrogens with zero attached hydrogens (tertiary/aromatic N) is 1. The van der Waals surface area contributed by atoms with Crippen LogP contribution in [-0.2, 0) is 19.9 Å². The number of halogens is 1. The Morgan fingerprint density at radius 2 is 1.69 bits per heavy atom. The summed E-state index contributed by atoms with van der Waals surface area (Å²) in [5.41, 5.74) is 0.633. The summed E-state index contributed by atoms with van der Waals surface area (Å²) in [5.74, 6) is -2.27. The van der Waals surface area contributed by atoms with E-state index in [1.165, 1.54) is 4.90 Å². The van der Waals surface area contributed by atoms with Crippen molar-refractivity contribution < 1.29 is 14.4 Å². The van der Waals surface area contributed by atoms with Gasteiger partial charge in [-0.25, -0.2) is 4.90 Å². The van der Waals surface area contributed by atoms with Gasteiger partial charge in [-0.1, -0.05) is 43.6 Å². The highest BCUT2D eigenvalue weighted by Gasteiger charge is 2.70. The molecule has 4 atom stereocenters. The number of nitrogens with one attached hydrogen (secondary N) is 2. The molecule has 0 aromatic heterocycles. The van der Waals surface area contributed by atoms with Crippen molar-refractivity contribution in [2.75, 3.05) is 10.2 Å². The van der Waals surface area contributed by atoms with Crippen LogP contribution in [0.15, 0.2) is 48.5 Å². The zero-order valence-corrected chi connectivity index (χ0v) is 16.7. The van der Waals surface area contributed by atoms with Gasteiger partial charge in [0, 0.05) is 22.3 Å². The molecule has 0 aliphatic carbocycles. The Balaban J connectivity index is 1.68. The molecule has 3 heterocycles. The van der Waals surface area contributed by atoms with Crippen molar-refractivity contribution in [3.05, 3.63) is 59.1 Å². The summed E-state index contributed by atoms with van der Waals surface area (Å²) >= 11 is 5.97. The van der Waals surface area contributed by atoms with E-state index in [1.54, 1.807) is 24.3 Å². The Bertz CT molecular complexity index is 1050. The second-order valence-electron chi connectivity index (χ2n) is 8.21. The molecule has 3 aliphatic heterocycles. The minimum absolute atomic E-state index is 0.0596. The number of para-hydroxylation sites is 1. The van der Waals surface area contributed by atoms with E-state index >= 15 is 0 Å². The third kappa shape index (κ3) is 2.30. The summed E-state index contributed by atoms with van der Waals surface area (Å²) in [6.45, 7) is 3.99. The SMILES string of the molecule is CC(C)[C@H]1N[C@@]2(C(=O)Nc3ccccc32)[C@H]2C(=O)N(c3ccc(Cl)cc3)C(=O)[C@H]12. The van der Waals surface area contributed by atoms with Crippen molar-refractivity contribution in [1.29, 1.82) is 0 Å². The van der Waals surface area contributed by atoms with E-state index in [-0.39, 0.29) is 29.7 Å². The minimum atomic E-state index is -1.25. The van der Waals surface area contributed by atoms with Crippen LogP contribution in [0.1, 0.15) is 19.4 Å². The molecule has 7 heteroatoms. The predicted molar refractivity (Wildman–Crippen MR) is 109 cm³/mol. The van der Waals surface area contributed by atoms with Gasteiger partial charge in [-0.05, 0) is 36.2 Å². The Labute approximate surface area is 173 Å². The minimum Gasteiger partial charge on any atom is -0.324 e. The summed E-state index contributed by atoms with van der Waals surface area (Å²) in [5, 5.41) is 6.84. The van der Waals surface area contributed by atoms with E-state index in [4.69, 9.17) is 11.6 Å². The predicted octanol–water partition coefficient (Wildman–Crippen LogP) is 2.92. The number of hydrogen-bond acceptors (Lipinski definition) is 4. The van der Waals surface area contributed by atoms with Crippen molar-refractivity contribution in [2.45, 2.75) is 25.4 Å². The first-order chi connectivity index (χ1) is 13.9. The van der Waals surface area contributed by atoms with Crippen LogP contribution in [0.5, 0.6) is 0 Å². The van der Waals surface area contributed by atoms with Gasteiger partial charge in [0.25, 0.3) is 0 Å². The normalized spacial score (nSPS) is 30.3. The van der Waals surface area contributed by atoms with E-state index in [1.807, 2.05) is 38.1 Å². The molecule has 29 heavy (non-hydrogen) atoms. The van der Waals surface area contributed by atoms with Gasteiger partial charge in [-0.15, -0.1) is 0 Å². The third-order valence-corrected chi connectivity index (χ3v) is 6.61. The lowest BCUT2D eigenvalue weighted by Crippen LogP contribution is -2.54. The third-order valence-electron chi connectivity index (χ3n) is 6.36. The lowest BCUT2D eigenvalue weighted by atomic mass is 9.76. The molecular formula is C22H20ClN3O3. The second kappa shape index (κ2) is 6.15. The highest BCUT2D eigenvalue weighted by molar-refractivity contribution is 6.31. The first-order valence-corrected chi connectivity index (χ1v) is 10.1. The molecule has 2 aromatic carbocycles. The molecule has 3 aliphatic rings. The van der Waals surface area contributed by atoms with Gasteiger partial charge in [0.15, 0.2) is 0 Å². The Morgan fingerprint density at radius 1 is 1.00 bits per heavy atom. The van der Waals surface area contributed by atoms with Crippen molar-refractivity contribution in [2.24, 2.45) is 17.8 Å². The van der Waals surface area contributed by atoms with Crippen LogP contribution < -0.4 is 15.5 Å². The molecule has 148 valence electrons. The second-order valence-corrected chi connectivity index (χ2v) is 8.65. The van der Waals surface area contributed by atoms with Gasteiger partial charge in [0.1, 0.15) is 5.54 Å². The molecule has 2 fully saturated rings. The van der Waals surface area contributed by atoms with Crippen molar-refractivity contribution >= 4 is 40.7 Å². The van der Waals surface area contributed by atoms with Crippen molar-refractivity contribution in [1.82, 2.24) is 5.32 Å². The quantitative estimate of drug-likeness (QED) is 0.747. The first kappa shape index (κ1) is 18.3. The molecule has 1 spiro atoms. The van der Waals surface area contributed by atoms with Crippen LogP contribution >= 0.6 is 11.6 Å². The van der Waals surface area contributed by atoms with Crippen LogP contribution in [0.2, 0.25) is 5.02 Å². The largest absolute Gasteiger partial charge is 0.324 e. The molecule has 0 bridgehead atoms. The van der Waals surface area contributed by atoms with Crippen LogP contribution in [0.25, 0.3) is 0 Å². The number of benzene rings is 2. The number of imide groups is 1. The fourth-order valence-corrected chi connectivity index (χ4v) is 5.23. The smallest absolute Gasteiger partial charge is 0.250 e. The molecule has 2 saturated heterocycles.